The minimum atomic E-state index is 0.0416. The number of furan rings is 1. The highest BCUT2D eigenvalue weighted by Crippen LogP contribution is 2.09. The van der Waals surface area contributed by atoms with Crippen molar-refractivity contribution >= 4 is 12.0 Å². The van der Waals surface area contributed by atoms with Gasteiger partial charge in [0.05, 0.1) is 6.26 Å². The fourth-order valence-corrected chi connectivity index (χ4v) is 2.52. The summed E-state index contributed by atoms with van der Waals surface area (Å²) in [5.41, 5.74) is 1.26. The third-order valence-electron chi connectivity index (χ3n) is 3.77. The van der Waals surface area contributed by atoms with E-state index in [0.717, 1.165) is 32.7 Å². The molecule has 3 rings (SSSR count). The van der Waals surface area contributed by atoms with Gasteiger partial charge in [-0.25, -0.2) is 0 Å². The fourth-order valence-electron chi connectivity index (χ4n) is 2.52. The summed E-state index contributed by atoms with van der Waals surface area (Å²) in [7, 11) is 0. The molecule has 0 bridgehead atoms. The minimum Gasteiger partial charge on any atom is -0.465 e. The number of aromatic nitrogens is 1. The maximum Gasteiger partial charge on any atom is 0.246 e. The van der Waals surface area contributed by atoms with Crippen LogP contribution in [0.5, 0.6) is 0 Å². The van der Waals surface area contributed by atoms with Crippen LogP contribution in [0.15, 0.2) is 53.4 Å². The highest BCUT2D eigenvalue weighted by molar-refractivity contribution is 5.91. The Morgan fingerprint density at radius 2 is 1.95 bits per heavy atom. The molecule has 0 radical (unpaired) electrons. The second-order valence-corrected chi connectivity index (χ2v) is 5.31. The summed E-state index contributed by atoms with van der Waals surface area (Å²) >= 11 is 0. The second kappa shape index (κ2) is 7.04. The summed E-state index contributed by atoms with van der Waals surface area (Å²) in [6.45, 7) is 4.21. The molecule has 1 aliphatic rings. The van der Waals surface area contributed by atoms with Crippen molar-refractivity contribution < 1.29 is 9.21 Å². The van der Waals surface area contributed by atoms with Crippen LogP contribution in [0.25, 0.3) is 6.08 Å². The lowest BCUT2D eigenvalue weighted by molar-refractivity contribution is -0.127. The van der Waals surface area contributed by atoms with E-state index in [1.807, 2.05) is 41.6 Å². The average Bonchev–Trinajstić information content (AvgIpc) is 3.08. The standard InChI is InChI=1S/C17H19N3O2/c21-17(4-3-16-2-1-13-22-16)20-11-9-19(10-12-20)14-15-5-7-18-8-6-15/h1-8,13H,9-12,14H2/b4-3+. The number of piperazine rings is 1. The number of pyridine rings is 1. The largest absolute Gasteiger partial charge is 0.465 e. The summed E-state index contributed by atoms with van der Waals surface area (Å²) in [6.07, 6.45) is 8.52. The molecular formula is C17H19N3O2. The molecular weight excluding hydrogens is 278 g/mol. The van der Waals surface area contributed by atoms with Gasteiger partial charge in [-0.3, -0.25) is 14.7 Å². The van der Waals surface area contributed by atoms with E-state index in [4.69, 9.17) is 4.42 Å². The van der Waals surface area contributed by atoms with Gasteiger partial charge in [-0.2, -0.15) is 0 Å². The van der Waals surface area contributed by atoms with E-state index in [1.54, 1.807) is 18.4 Å². The first-order valence-corrected chi connectivity index (χ1v) is 7.43. The Balaban J connectivity index is 1.48. The molecule has 0 aromatic carbocycles. The number of rotatable bonds is 4. The van der Waals surface area contributed by atoms with Gasteiger partial charge >= 0.3 is 0 Å². The Kier molecular flexibility index (Phi) is 4.65. The van der Waals surface area contributed by atoms with Crippen LogP contribution in [0.3, 0.4) is 0 Å². The van der Waals surface area contributed by atoms with Crippen LogP contribution in [0.2, 0.25) is 0 Å². The van der Waals surface area contributed by atoms with Gasteiger partial charge in [-0.1, -0.05) is 0 Å². The number of carbonyl (C=O) groups excluding carboxylic acids is 1. The van der Waals surface area contributed by atoms with Crippen molar-refractivity contribution in [2.45, 2.75) is 6.54 Å². The normalized spacial score (nSPS) is 16.3. The summed E-state index contributed by atoms with van der Waals surface area (Å²) in [4.78, 5) is 20.4. The van der Waals surface area contributed by atoms with E-state index in [2.05, 4.69) is 9.88 Å². The molecule has 0 spiro atoms. The molecule has 114 valence electrons. The first kappa shape index (κ1) is 14.5. The van der Waals surface area contributed by atoms with Gasteiger partial charge in [0.2, 0.25) is 5.91 Å². The molecule has 3 heterocycles. The molecule has 0 saturated carbocycles. The van der Waals surface area contributed by atoms with Crippen LogP contribution in [0, 0.1) is 0 Å². The van der Waals surface area contributed by atoms with Gasteiger partial charge in [0.15, 0.2) is 0 Å². The summed E-state index contributed by atoms with van der Waals surface area (Å²) in [5.74, 6) is 0.740. The second-order valence-electron chi connectivity index (χ2n) is 5.31. The van der Waals surface area contributed by atoms with Crippen LogP contribution < -0.4 is 0 Å². The van der Waals surface area contributed by atoms with Gasteiger partial charge in [0.1, 0.15) is 5.76 Å². The van der Waals surface area contributed by atoms with Crippen LogP contribution in [-0.2, 0) is 11.3 Å². The number of nitrogens with zero attached hydrogens (tertiary/aromatic N) is 3. The Morgan fingerprint density at radius 3 is 2.64 bits per heavy atom. The van der Waals surface area contributed by atoms with Crippen molar-refractivity contribution in [1.82, 2.24) is 14.8 Å². The zero-order valence-electron chi connectivity index (χ0n) is 12.4. The molecule has 22 heavy (non-hydrogen) atoms. The molecule has 1 saturated heterocycles. The molecule has 0 N–H and O–H groups in total. The molecule has 5 nitrogen and oxygen atoms in total. The highest BCUT2D eigenvalue weighted by atomic mass is 16.3. The Labute approximate surface area is 129 Å². The lowest BCUT2D eigenvalue weighted by atomic mass is 10.2. The third-order valence-corrected chi connectivity index (χ3v) is 3.77. The van der Waals surface area contributed by atoms with Crippen molar-refractivity contribution in [1.29, 1.82) is 0 Å². The zero-order valence-corrected chi connectivity index (χ0v) is 12.4. The van der Waals surface area contributed by atoms with E-state index in [1.165, 1.54) is 5.56 Å². The Morgan fingerprint density at radius 1 is 1.18 bits per heavy atom. The number of hydrogen-bond acceptors (Lipinski definition) is 4. The maximum absolute atomic E-state index is 12.1. The molecule has 1 amide bonds. The van der Waals surface area contributed by atoms with E-state index in [-0.39, 0.29) is 5.91 Å². The molecule has 1 aliphatic heterocycles. The average molecular weight is 297 g/mol. The van der Waals surface area contributed by atoms with Crippen LogP contribution in [0.1, 0.15) is 11.3 Å². The van der Waals surface area contributed by atoms with Crippen molar-refractivity contribution in [3.05, 3.63) is 60.3 Å². The van der Waals surface area contributed by atoms with Crippen molar-refractivity contribution in [2.75, 3.05) is 26.2 Å². The van der Waals surface area contributed by atoms with Crippen LogP contribution >= 0.6 is 0 Å². The topological polar surface area (TPSA) is 49.6 Å². The summed E-state index contributed by atoms with van der Waals surface area (Å²) in [6, 6.07) is 7.70. The fraction of sp³-hybridized carbons (Fsp3) is 0.294. The summed E-state index contributed by atoms with van der Waals surface area (Å²) < 4.78 is 5.18. The van der Waals surface area contributed by atoms with E-state index in [9.17, 15) is 4.79 Å². The maximum atomic E-state index is 12.1. The minimum absolute atomic E-state index is 0.0416. The first-order valence-electron chi connectivity index (χ1n) is 7.43. The van der Waals surface area contributed by atoms with Gasteiger partial charge in [0.25, 0.3) is 0 Å². The SMILES string of the molecule is O=C(/C=C/c1ccco1)N1CCN(Cc2ccncc2)CC1. The first-order chi connectivity index (χ1) is 10.8. The van der Waals surface area contributed by atoms with Gasteiger partial charge in [-0.05, 0) is 35.9 Å². The number of amides is 1. The van der Waals surface area contributed by atoms with Crippen molar-refractivity contribution in [3.63, 3.8) is 0 Å². The summed E-state index contributed by atoms with van der Waals surface area (Å²) in [5, 5.41) is 0. The predicted molar refractivity (Wildman–Crippen MR) is 83.8 cm³/mol. The van der Waals surface area contributed by atoms with E-state index >= 15 is 0 Å². The monoisotopic (exact) mass is 297 g/mol. The van der Waals surface area contributed by atoms with Crippen LogP contribution in [0.4, 0.5) is 0 Å². The number of hydrogen-bond donors (Lipinski definition) is 0. The molecule has 2 aromatic rings. The molecule has 2 aromatic heterocycles. The van der Waals surface area contributed by atoms with E-state index in [0.29, 0.717) is 5.76 Å². The van der Waals surface area contributed by atoms with Crippen LogP contribution in [-0.4, -0.2) is 46.9 Å². The van der Waals surface area contributed by atoms with E-state index < -0.39 is 0 Å². The third kappa shape index (κ3) is 3.83. The smallest absolute Gasteiger partial charge is 0.246 e. The highest BCUT2D eigenvalue weighted by Gasteiger charge is 2.19. The van der Waals surface area contributed by atoms with Gasteiger partial charge < -0.3 is 9.32 Å². The molecule has 5 heteroatoms. The van der Waals surface area contributed by atoms with Gasteiger partial charge in [-0.15, -0.1) is 0 Å². The Hall–Kier alpha value is -2.40. The molecule has 0 aliphatic carbocycles. The van der Waals surface area contributed by atoms with Crippen molar-refractivity contribution in [3.8, 4) is 0 Å². The Bertz CT molecular complexity index is 615. The van der Waals surface area contributed by atoms with Crippen molar-refractivity contribution in [2.24, 2.45) is 0 Å². The van der Waals surface area contributed by atoms with Gasteiger partial charge in [0, 0.05) is 51.2 Å². The molecule has 0 atom stereocenters. The predicted octanol–water partition coefficient (Wildman–Crippen LogP) is 2.03. The number of carbonyl (C=O) groups is 1. The zero-order chi connectivity index (χ0) is 15.2. The lowest BCUT2D eigenvalue weighted by Crippen LogP contribution is -2.47. The lowest BCUT2D eigenvalue weighted by Gasteiger charge is -2.34. The molecule has 0 unspecified atom stereocenters. The molecule has 1 fully saturated rings. The quantitative estimate of drug-likeness (QED) is 0.810.